The maximum absolute atomic E-state index is 9.50. The second kappa shape index (κ2) is 5.07. The minimum atomic E-state index is -0.324. The molecule has 0 fully saturated rings. The molecule has 0 saturated carbocycles. The molecule has 1 atom stereocenters. The Hall–Kier alpha value is -0.940. The molecule has 0 aliphatic heterocycles. The molecule has 0 aliphatic carbocycles. The number of nitrogens with one attached hydrogen (secondary N) is 1. The fraction of sp³-hybridized carbons (Fsp3) is 0.778. The van der Waals surface area contributed by atoms with Crippen molar-refractivity contribution in [2.45, 2.75) is 33.4 Å². The van der Waals surface area contributed by atoms with Gasteiger partial charge in [-0.2, -0.15) is 0 Å². The van der Waals surface area contributed by atoms with E-state index >= 15 is 0 Å². The number of aliphatic hydroxyl groups excluding tert-OH is 1. The topological polar surface area (TPSA) is 71.2 Å². The zero-order chi connectivity index (χ0) is 10.6. The summed E-state index contributed by atoms with van der Waals surface area (Å²) in [6.07, 6.45) is -0.324. The smallest absolute Gasteiger partial charge is 0.121 e. The van der Waals surface area contributed by atoms with Gasteiger partial charge in [0.1, 0.15) is 11.4 Å². The normalized spacial score (nSPS) is 13.5. The number of aromatic nitrogens is 2. The van der Waals surface area contributed by atoms with E-state index in [4.69, 9.17) is 0 Å². The molecule has 1 aromatic rings. The van der Waals surface area contributed by atoms with Gasteiger partial charge >= 0.3 is 0 Å². The quantitative estimate of drug-likeness (QED) is 0.722. The van der Waals surface area contributed by atoms with Gasteiger partial charge in [0.25, 0.3) is 0 Å². The van der Waals surface area contributed by atoms with Crippen LogP contribution < -0.4 is 5.32 Å². The van der Waals surface area contributed by atoms with Gasteiger partial charge in [-0.05, 0) is 12.8 Å². The molecule has 0 radical (unpaired) electrons. The van der Waals surface area contributed by atoms with Gasteiger partial charge in [-0.3, -0.25) is 0 Å². The van der Waals surface area contributed by atoms with Gasteiger partial charge in [0.15, 0.2) is 0 Å². The van der Waals surface area contributed by atoms with Crippen LogP contribution in [-0.2, 0) is 6.54 Å². The van der Waals surface area contributed by atoms with Crippen molar-refractivity contribution in [1.29, 1.82) is 0 Å². The van der Waals surface area contributed by atoms with Crippen molar-refractivity contribution in [1.82, 2.24) is 15.6 Å². The van der Waals surface area contributed by atoms with Crippen LogP contribution in [-0.4, -0.2) is 28.1 Å². The van der Waals surface area contributed by atoms with Crippen LogP contribution in [0.5, 0.6) is 0 Å². The monoisotopic (exact) mass is 199 g/mol. The van der Waals surface area contributed by atoms with E-state index in [1.54, 1.807) is 0 Å². The van der Waals surface area contributed by atoms with Gasteiger partial charge in [-0.25, -0.2) is 4.63 Å². The minimum Gasteiger partial charge on any atom is -0.392 e. The van der Waals surface area contributed by atoms with Crippen LogP contribution in [0.1, 0.15) is 25.2 Å². The van der Waals surface area contributed by atoms with Crippen LogP contribution in [0, 0.1) is 12.8 Å². The lowest BCUT2D eigenvalue weighted by Crippen LogP contribution is -2.30. The molecular weight excluding hydrogens is 182 g/mol. The summed E-state index contributed by atoms with van der Waals surface area (Å²) in [6, 6.07) is 0. The zero-order valence-electron chi connectivity index (χ0n) is 8.82. The predicted molar refractivity (Wildman–Crippen MR) is 51.6 cm³/mol. The maximum Gasteiger partial charge on any atom is 0.121 e. The second-order valence-electron chi connectivity index (χ2n) is 3.74. The summed E-state index contributed by atoms with van der Waals surface area (Å²) < 4.78 is 4.55. The number of aliphatic hydroxyl groups is 1. The fourth-order valence-corrected chi connectivity index (χ4v) is 0.984. The number of rotatable bonds is 5. The van der Waals surface area contributed by atoms with Crippen LogP contribution in [0.4, 0.5) is 0 Å². The highest BCUT2D eigenvalue weighted by Crippen LogP contribution is 2.01. The van der Waals surface area contributed by atoms with Gasteiger partial charge in [0.05, 0.1) is 6.10 Å². The second-order valence-corrected chi connectivity index (χ2v) is 3.74. The summed E-state index contributed by atoms with van der Waals surface area (Å²) in [5.41, 5.74) is 1.58. The lowest BCUT2D eigenvalue weighted by Gasteiger charge is -2.14. The predicted octanol–water partition coefficient (Wildman–Crippen LogP) is 0.485. The largest absolute Gasteiger partial charge is 0.392 e. The van der Waals surface area contributed by atoms with Crippen molar-refractivity contribution in [2.24, 2.45) is 5.92 Å². The first kappa shape index (κ1) is 11.1. The molecule has 0 saturated heterocycles. The van der Waals surface area contributed by atoms with E-state index in [-0.39, 0.29) is 12.0 Å². The van der Waals surface area contributed by atoms with Gasteiger partial charge in [-0.1, -0.05) is 24.2 Å². The molecular formula is C9H17N3O2. The first-order valence-electron chi connectivity index (χ1n) is 4.78. The highest BCUT2D eigenvalue weighted by atomic mass is 16.6. The lowest BCUT2D eigenvalue weighted by molar-refractivity contribution is 0.123. The first-order valence-corrected chi connectivity index (χ1v) is 4.78. The van der Waals surface area contributed by atoms with E-state index in [9.17, 15) is 5.11 Å². The van der Waals surface area contributed by atoms with Crippen molar-refractivity contribution in [3.05, 3.63) is 11.4 Å². The summed E-state index contributed by atoms with van der Waals surface area (Å²) >= 11 is 0. The third kappa shape index (κ3) is 3.08. The third-order valence-corrected chi connectivity index (χ3v) is 2.16. The fourth-order valence-electron chi connectivity index (χ4n) is 0.984. The van der Waals surface area contributed by atoms with E-state index in [2.05, 4.69) is 20.3 Å². The van der Waals surface area contributed by atoms with E-state index < -0.39 is 0 Å². The third-order valence-electron chi connectivity index (χ3n) is 2.16. The Kier molecular flexibility index (Phi) is 4.03. The standard InChI is InChI=1S/C9H17N3O2/c1-6(2)9(13)5-10-4-8-7(3)11-14-12-8/h6,9-10,13H,4-5H2,1-3H3. The van der Waals surface area contributed by atoms with Crippen LogP contribution in [0.15, 0.2) is 4.63 Å². The van der Waals surface area contributed by atoms with Crippen LogP contribution >= 0.6 is 0 Å². The lowest BCUT2D eigenvalue weighted by atomic mass is 10.1. The number of hydrogen-bond donors (Lipinski definition) is 2. The summed E-state index contributed by atoms with van der Waals surface area (Å²) in [5.74, 6) is 0.263. The first-order chi connectivity index (χ1) is 6.61. The van der Waals surface area contributed by atoms with Gasteiger partial charge in [-0.15, -0.1) is 0 Å². The SMILES string of the molecule is Cc1nonc1CNCC(O)C(C)C. The summed E-state index contributed by atoms with van der Waals surface area (Å²) in [4.78, 5) is 0. The molecule has 1 rings (SSSR count). The van der Waals surface area contributed by atoms with Gasteiger partial charge in [0, 0.05) is 13.1 Å². The minimum absolute atomic E-state index is 0.263. The van der Waals surface area contributed by atoms with Crippen molar-refractivity contribution >= 4 is 0 Å². The Morgan fingerprint density at radius 2 is 2.14 bits per heavy atom. The molecule has 5 heteroatoms. The van der Waals surface area contributed by atoms with Crippen molar-refractivity contribution < 1.29 is 9.74 Å². The van der Waals surface area contributed by atoms with E-state index in [1.807, 2.05) is 20.8 Å². The average Bonchev–Trinajstić information content (AvgIpc) is 2.51. The number of hydrogen-bond acceptors (Lipinski definition) is 5. The molecule has 0 spiro atoms. The van der Waals surface area contributed by atoms with Crippen molar-refractivity contribution in [3.63, 3.8) is 0 Å². The summed E-state index contributed by atoms with van der Waals surface area (Å²) in [5, 5.41) is 20.0. The Morgan fingerprint density at radius 3 is 2.64 bits per heavy atom. The van der Waals surface area contributed by atoms with E-state index in [1.165, 1.54) is 0 Å². The molecule has 80 valence electrons. The van der Waals surface area contributed by atoms with Crippen molar-refractivity contribution in [2.75, 3.05) is 6.54 Å². The number of aryl methyl sites for hydroxylation is 1. The van der Waals surface area contributed by atoms with Crippen LogP contribution in [0.2, 0.25) is 0 Å². The van der Waals surface area contributed by atoms with Crippen LogP contribution in [0.25, 0.3) is 0 Å². The molecule has 1 heterocycles. The highest BCUT2D eigenvalue weighted by molar-refractivity contribution is 5.03. The molecule has 2 N–H and O–H groups in total. The molecule has 0 aromatic carbocycles. The zero-order valence-corrected chi connectivity index (χ0v) is 8.82. The molecule has 1 unspecified atom stereocenters. The Morgan fingerprint density at radius 1 is 1.43 bits per heavy atom. The van der Waals surface area contributed by atoms with Crippen molar-refractivity contribution in [3.8, 4) is 0 Å². The van der Waals surface area contributed by atoms with E-state index in [0.717, 1.165) is 11.4 Å². The molecule has 5 nitrogen and oxygen atoms in total. The summed E-state index contributed by atoms with van der Waals surface area (Å²) in [6.45, 7) is 6.94. The Labute approximate surface area is 83.5 Å². The summed E-state index contributed by atoms with van der Waals surface area (Å²) in [7, 11) is 0. The Balaban J connectivity index is 2.25. The highest BCUT2D eigenvalue weighted by Gasteiger charge is 2.09. The molecule has 1 aromatic heterocycles. The van der Waals surface area contributed by atoms with Gasteiger partial charge < -0.3 is 10.4 Å². The molecule has 14 heavy (non-hydrogen) atoms. The molecule has 0 amide bonds. The average molecular weight is 199 g/mol. The molecule has 0 bridgehead atoms. The Bertz CT molecular complexity index is 273. The van der Waals surface area contributed by atoms with E-state index in [0.29, 0.717) is 13.1 Å². The maximum atomic E-state index is 9.50. The van der Waals surface area contributed by atoms with Gasteiger partial charge in [0.2, 0.25) is 0 Å². The number of nitrogens with zero attached hydrogens (tertiary/aromatic N) is 2. The van der Waals surface area contributed by atoms with Crippen LogP contribution in [0.3, 0.4) is 0 Å². The molecule has 0 aliphatic rings.